The van der Waals surface area contributed by atoms with Crippen LogP contribution in [0.5, 0.6) is 0 Å². The Bertz CT molecular complexity index is 382. The van der Waals surface area contributed by atoms with Gasteiger partial charge in [0.05, 0.1) is 6.61 Å². The van der Waals surface area contributed by atoms with Crippen LogP contribution in [0.1, 0.15) is 24.8 Å². The molecule has 104 valence electrons. The molecule has 0 bridgehead atoms. The molecule has 1 fully saturated rings. The van der Waals surface area contributed by atoms with Crippen LogP contribution in [0.4, 0.5) is 4.39 Å². The van der Waals surface area contributed by atoms with Crippen molar-refractivity contribution in [3.63, 3.8) is 0 Å². The minimum atomic E-state index is -0.199. The lowest BCUT2D eigenvalue weighted by atomic mass is 10.2. The number of rotatable bonds is 7. The molecular formula is C16H22FNO. The SMILES string of the molecule is Fc1ccc(/C=C/COCCCN2CCCC2)cc1. The summed E-state index contributed by atoms with van der Waals surface area (Å²) in [6.45, 7) is 5.10. The molecule has 1 aromatic rings. The van der Waals surface area contributed by atoms with Crippen LogP contribution in [-0.4, -0.2) is 37.7 Å². The first-order valence-electron chi connectivity index (χ1n) is 7.07. The zero-order valence-electron chi connectivity index (χ0n) is 11.4. The summed E-state index contributed by atoms with van der Waals surface area (Å²) in [6.07, 6.45) is 7.73. The summed E-state index contributed by atoms with van der Waals surface area (Å²) in [5.41, 5.74) is 1.00. The third-order valence-electron chi connectivity index (χ3n) is 3.36. The van der Waals surface area contributed by atoms with Gasteiger partial charge in [-0.15, -0.1) is 0 Å². The van der Waals surface area contributed by atoms with E-state index in [1.165, 1.54) is 38.1 Å². The fourth-order valence-electron chi connectivity index (χ4n) is 2.31. The molecule has 0 unspecified atom stereocenters. The molecule has 0 radical (unpaired) electrons. The van der Waals surface area contributed by atoms with Crippen molar-refractivity contribution in [1.29, 1.82) is 0 Å². The Morgan fingerprint density at radius 1 is 1.16 bits per heavy atom. The van der Waals surface area contributed by atoms with Crippen molar-refractivity contribution in [1.82, 2.24) is 4.90 Å². The first kappa shape index (κ1) is 14.2. The van der Waals surface area contributed by atoms with Gasteiger partial charge in [0.1, 0.15) is 5.82 Å². The van der Waals surface area contributed by atoms with E-state index in [0.29, 0.717) is 6.61 Å². The predicted molar refractivity (Wildman–Crippen MR) is 76.5 cm³/mol. The molecule has 0 atom stereocenters. The Balaban J connectivity index is 1.52. The van der Waals surface area contributed by atoms with Gasteiger partial charge in [-0.2, -0.15) is 0 Å². The second-order valence-corrected chi connectivity index (χ2v) is 4.93. The molecule has 0 saturated carbocycles. The van der Waals surface area contributed by atoms with Crippen LogP contribution < -0.4 is 0 Å². The largest absolute Gasteiger partial charge is 0.377 e. The minimum Gasteiger partial charge on any atom is -0.377 e. The zero-order chi connectivity index (χ0) is 13.3. The van der Waals surface area contributed by atoms with Gasteiger partial charge in [-0.3, -0.25) is 0 Å². The molecule has 1 aliphatic heterocycles. The third-order valence-corrected chi connectivity index (χ3v) is 3.36. The molecule has 2 rings (SSSR count). The smallest absolute Gasteiger partial charge is 0.123 e. The highest BCUT2D eigenvalue weighted by atomic mass is 19.1. The Morgan fingerprint density at radius 2 is 1.89 bits per heavy atom. The second-order valence-electron chi connectivity index (χ2n) is 4.93. The predicted octanol–water partition coefficient (Wildman–Crippen LogP) is 3.34. The molecule has 3 heteroatoms. The van der Waals surface area contributed by atoms with Gasteiger partial charge in [-0.1, -0.05) is 24.3 Å². The minimum absolute atomic E-state index is 0.199. The fourth-order valence-corrected chi connectivity index (χ4v) is 2.31. The van der Waals surface area contributed by atoms with Crippen LogP contribution in [0, 0.1) is 5.82 Å². The number of benzene rings is 1. The van der Waals surface area contributed by atoms with E-state index >= 15 is 0 Å². The van der Waals surface area contributed by atoms with E-state index in [4.69, 9.17) is 4.74 Å². The second kappa shape index (κ2) is 8.08. The van der Waals surface area contributed by atoms with E-state index in [9.17, 15) is 4.39 Å². The molecule has 0 aliphatic carbocycles. The Hall–Kier alpha value is -1.19. The van der Waals surface area contributed by atoms with Crippen molar-refractivity contribution < 1.29 is 9.13 Å². The van der Waals surface area contributed by atoms with E-state index in [1.807, 2.05) is 12.2 Å². The highest BCUT2D eigenvalue weighted by molar-refractivity contribution is 5.48. The summed E-state index contributed by atoms with van der Waals surface area (Å²) in [5.74, 6) is -0.199. The molecular weight excluding hydrogens is 241 g/mol. The molecule has 1 saturated heterocycles. The summed E-state index contributed by atoms with van der Waals surface area (Å²) in [7, 11) is 0. The number of likely N-dealkylation sites (tertiary alicyclic amines) is 1. The van der Waals surface area contributed by atoms with E-state index in [0.717, 1.165) is 25.1 Å². The van der Waals surface area contributed by atoms with E-state index in [-0.39, 0.29) is 5.82 Å². The number of hydrogen-bond donors (Lipinski definition) is 0. The van der Waals surface area contributed by atoms with Gasteiger partial charge in [-0.05, 0) is 50.0 Å². The maximum Gasteiger partial charge on any atom is 0.123 e. The standard InChI is InChI=1S/C16H22FNO/c17-16-8-6-15(7-9-16)5-3-13-19-14-4-12-18-10-1-2-11-18/h3,5-9H,1-2,4,10-14H2/b5-3+. The first-order chi connectivity index (χ1) is 9.34. The summed E-state index contributed by atoms with van der Waals surface area (Å²) in [4.78, 5) is 2.50. The normalized spacial score (nSPS) is 16.5. The number of ether oxygens (including phenoxy) is 1. The van der Waals surface area contributed by atoms with Crippen molar-refractivity contribution >= 4 is 6.08 Å². The van der Waals surface area contributed by atoms with Gasteiger partial charge in [0.2, 0.25) is 0 Å². The highest BCUT2D eigenvalue weighted by Crippen LogP contribution is 2.07. The lowest BCUT2D eigenvalue weighted by Gasteiger charge is -2.13. The van der Waals surface area contributed by atoms with Crippen molar-refractivity contribution in [3.05, 3.63) is 41.7 Å². The summed E-state index contributed by atoms with van der Waals surface area (Å²) in [5, 5.41) is 0. The van der Waals surface area contributed by atoms with Crippen LogP contribution >= 0.6 is 0 Å². The van der Waals surface area contributed by atoms with Crippen molar-refractivity contribution in [3.8, 4) is 0 Å². The molecule has 2 nitrogen and oxygen atoms in total. The average molecular weight is 263 g/mol. The van der Waals surface area contributed by atoms with Crippen molar-refractivity contribution in [2.45, 2.75) is 19.3 Å². The van der Waals surface area contributed by atoms with E-state index < -0.39 is 0 Å². The van der Waals surface area contributed by atoms with Gasteiger partial charge in [-0.25, -0.2) is 4.39 Å². The molecule has 19 heavy (non-hydrogen) atoms. The van der Waals surface area contributed by atoms with Crippen LogP contribution in [0.25, 0.3) is 6.08 Å². The molecule has 0 amide bonds. The number of hydrogen-bond acceptors (Lipinski definition) is 2. The van der Waals surface area contributed by atoms with Crippen molar-refractivity contribution in [2.75, 3.05) is 32.8 Å². The van der Waals surface area contributed by atoms with Crippen LogP contribution in [-0.2, 0) is 4.74 Å². The van der Waals surface area contributed by atoms with Crippen LogP contribution in [0.3, 0.4) is 0 Å². The summed E-state index contributed by atoms with van der Waals surface area (Å²) < 4.78 is 18.2. The molecule has 1 heterocycles. The average Bonchev–Trinajstić information content (AvgIpc) is 2.93. The molecule has 1 aliphatic rings. The van der Waals surface area contributed by atoms with Crippen LogP contribution in [0.2, 0.25) is 0 Å². The highest BCUT2D eigenvalue weighted by Gasteiger charge is 2.09. The lowest BCUT2D eigenvalue weighted by molar-refractivity contribution is 0.149. The van der Waals surface area contributed by atoms with Gasteiger partial charge in [0, 0.05) is 13.2 Å². The lowest BCUT2D eigenvalue weighted by Crippen LogP contribution is -2.21. The molecule has 0 spiro atoms. The number of nitrogens with zero attached hydrogens (tertiary/aromatic N) is 1. The third kappa shape index (κ3) is 5.53. The fraction of sp³-hybridized carbons (Fsp3) is 0.500. The summed E-state index contributed by atoms with van der Waals surface area (Å²) >= 11 is 0. The zero-order valence-corrected chi connectivity index (χ0v) is 11.4. The molecule has 0 N–H and O–H groups in total. The van der Waals surface area contributed by atoms with Crippen molar-refractivity contribution in [2.24, 2.45) is 0 Å². The quantitative estimate of drug-likeness (QED) is 0.700. The Kier molecular flexibility index (Phi) is 6.05. The van der Waals surface area contributed by atoms with Gasteiger partial charge in [0.25, 0.3) is 0 Å². The van der Waals surface area contributed by atoms with E-state index in [1.54, 1.807) is 12.1 Å². The van der Waals surface area contributed by atoms with Gasteiger partial charge >= 0.3 is 0 Å². The maximum atomic E-state index is 12.7. The van der Waals surface area contributed by atoms with Gasteiger partial charge < -0.3 is 9.64 Å². The number of halogens is 1. The Morgan fingerprint density at radius 3 is 2.63 bits per heavy atom. The monoisotopic (exact) mass is 263 g/mol. The maximum absolute atomic E-state index is 12.7. The first-order valence-corrected chi connectivity index (χ1v) is 7.07. The Labute approximate surface area is 114 Å². The van der Waals surface area contributed by atoms with Crippen LogP contribution in [0.15, 0.2) is 30.3 Å². The van der Waals surface area contributed by atoms with E-state index in [2.05, 4.69) is 4.90 Å². The van der Waals surface area contributed by atoms with Gasteiger partial charge in [0.15, 0.2) is 0 Å². The molecule has 0 aromatic heterocycles. The molecule has 1 aromatic carbocycles. The summed E-state index contributed by atoms with van der Waals surface area (Å²) in [6, 6.07) is 6.46. The topological polar surface area (TPSA) is 12.5 Å².